The van der Waals surface area contributed by atoms with E-state index in [9.17, 15) is 29.7 Å². The smallest absolute Gasteiger partial charge is 0.407 e. The van der Waals surface area contributed by atoms with Crippen molar-refractivity contribution in [2.75, 3.05) is 6.61 Å². The molecule has 5 heterocycles. The van der Waals surface area contributed by atoms with E-state index < -0.39 is 89.3 Å². The molecular weight excluding hydrogens is 855 g/mol. The van der Waals surface area contributed by atoms with Crippen LogP contribution in [-0.4, -0.2) is 112 Å². The van der Waals surface area contributed by atoms with Crippen molar-refractivity contribution in [1.82, 2.24) is 5.32 Å². The van der Waals surface area contributed by atoms with Gasteiger partial charge in [-0.1, -0.05) is 113 Å². The van der Waals surface area contributed by atoms with E-state index >= 15 is 0 Å². The van der Waals surface area contributed by atoms with Crippen molar-refractivity contribution in [2.45, 2.75) is 264 Å². The van der Waals surface area contributed by atoms with Crippen LogP contribution >= 0.6 is 0 Å². The van der Waals surface area contributed by atoms with E-state index in [-0.39, 0.29) is 41.8 Å². The number of amides is 1. The number of unbranched alkanes of at least 4 members (excludes halogenated alkanes) is 7. The molecular formula is C54H93NO12. The van der Waals surface area contributed by atoms with Crippen LogP contribution in [0.4, 0.5) is 4.79 Å². The van der Waals surface area contributed by atoms with Gasteiger partial charge in [-0.2, -0.15) is 0 Å². The molecule has 1 amide bonds. The van der Waals surface area contributed by atoms with Crippen LogP contribution < -0.4 is 5.32 Å². The number of Topliss-reactive ketones (excluding diaryl/α,β-unsaturated/α-hetero) is 1. The molecule has 386 valence electrons. The number of hydrogen-bond acceptors (Lipinski definition) is 11. The Morgan fingerprint density at radius 1 is 0.806 bits per heavy atom. The Morgan fingerprint density at radius 3 is 2.10 bits per heavy atom. The van der Waals surface area contributed by atoms with Gasteiger partial charge in [-0.25, -0.2) is 4.79 Å². The van der Waals surface area contributed by atoms with Crippen molar-refractivity contribution < 1.29 is 58.1 Å². The Balaban J connectivity index is 1.32. The maximum atomic E-state index is 14.7. The number of carbonyl (C=O) groups excluding carboxylic acids is 2. The zero-order valence-electron chi connectivity index (χ0n) is 43.3. The van der Waals surface area contributed by atoms with Gasteiger partial charge in [-0.3, -0.25) is 9.59 Å². The number of ether oxygens (including phenoxy) is 6. The minimum atomic E-state index is -1.22. The third-order valence-corrected chi connectivity index (χ3v) is 17.2. The second kappa shape index (κ2) is 24.8. The zero-order valence-corrected chi connectivity index (χ0v) is 43.3. The highest BCUT2D eigenvalue weighted by atomic mass is 16.7. The Kier molecular flexibility index (Phi) is 20.7. The van der Waals surface area contributed by atoms with Crippen LogP contribution in [0.2, 0.25) is 0 Å². The molecule has 5 aliphatic rings. The van der Waals surface area contributed by atoms with Gasteiger partial charge in [-0.15, -0.1) is 0 Å². The summed E-state index contributed by atoms with van der Waals surface area (Å²) >= 11 is 0. The third kappa shape index (κ3) is 13.2. The Morgan fingerprint density at radius 2 is 1.48 bits per heavy atom. The van der Waals surface area contributed by atoms with Gasteiger partial charge >= 0.3 is 12.1 Å². The van der Waals surface area contributed by atoms with Crippen molar-refractivity contribution >= 4 is 17.8 Å². The van der Waals surface area contributed by atoms with Crippen molar-refractivity contribution in [2.24, 2.45) is 41.4 Å². The summed E-state index contributed by atoms with van der Waals surface area (Å²) in [7, 11) is 0. The molecule has 4 N–H and O–H groups in total. The quantitative estimate of drug-likeness (QED) is 0.0564. The number of aliphatic hydroxyl groups excluding tert-OH is 1. The number of nitrogens with one attached hydrogen (secondary N) is 1. The number of ketones is 1. The summed E-state index contributed by atoms with van der Waals surface area (Å²) in [6.07, 6.45) is 14.9. The molecule has 2 unspecified atom stereocenters. The molecule has 67 heavy (non-hydrogen) atoms. The molecule has 0 radical (unpaired) electrons. The van der Waals surface area contributed by atoms with Crippen LogP contribution in [0.25, 0.3) is 0 Å². The zero-order chi connectivity index (χ0) is 49.3. The highest BCUT2D eigenvalue weighted by Crippen LogP contribution is 2.49. The number of alkyl carbamates (subject to hydrolysis) is 1. The lowest BCUT2D eigenvalue weighted by molar-refractivity contribution is -0.327. The second-order valence-electron chi connectivity index (χ2n) is 22.0. The fourth-order valence-electron chi connectivity index (χ4n) is 12.4. The van der Waals surface area contributed by atoms with E-state index in [1.165, 1.54) is 32.1 Å². The first kappa shape index (κ1) is 55.8. The first-order chi connectivity index (χ1) is 31.8. The van der Waals surface area contributed by atoms with E-state index in [1.807, 2.05) is 46.8 Å². The minimum absolute atomic E-state index is 0.00316. The van der Waals surface area contributed by atoms with Crippen LogP contribution in [0.1, 0.15) is 192 Å². The highest BCUT2D eigenvalue weighted by molar-refractivity contribution is 5.84. The first-order valence-electron chi connectivity index (χ1n) is 26.9. The monoisotopic (exact) mass is 948 g/mol. The Labute approximate surface area is 403 Å². The van der Waals surface area contributed by atoms with Gasteiger partial charge in [0.25, 0.3) is 0 Å². The Hall–Kier alpha value is -2.13. The largest absolute Gasteiger partial charge is 0.481 e. The molecule has 5 rings (SSSR count). The predicted octanol–water partition coefficient (Wildman–Crippen LogP) is 10.1. The number of carboxylic acid groups (broad SMARTS) is 1. The number of hydrogen-bond donors (Lipinski definition) is 4. The fourth-order valence-corrected chi connectivity index (χ4v) is 12.4. The first-order valence-corrected chi connectivity index (χ1v) is 26.9. The van der Waals surface area contributed by atoms with Gasteiger partial charge in [0.05, 0.1) is 72.5 Å². The SMILES string of the molecule is CCCCCCCCCCOC(=O)N[C@@H]1C=C[C@@]2(OC1C1CC[C@@](C)([C@H]3CC[C@](O)(CC)[C@H](C)O3)O1)O[C@H]([C@@H](CC)C(=O)[C@@H](C)[C@@H](O)[C@H](C)[C@@H]1O[C@@H]([C@@H](CC)C(=O)O)CC[C@@H]1C)[C@@H](C)C[C@H]2C. The summed E-state index contributed by atoms with van der Waals surface area (Å²) in [5, 5.41) is 36.1. The molecule has 0 aliphatic carbocycles. The van der Waals surface area contributed by atoms with Crippen LogP contribution in [0.5, 0.6) is 0 Å². The van der Waals surface area contributed by atoms with Crippen LogP contribution in [0.15, 0.2) is 12.2 Å². The van der Waals surface area contributed by atoms with Crippen molar-refractivity contribution in [3.8, 4) is 0 Å². The van der Waals surface area contributed by atoms with Gasteiger partial charge < -0.3 is 49.1 Å². The average Bonchev–Trinajstić information content (AvgIpc) is 3.71. The van der Waals surface area contributed by atoms with Gasteiger partial charge in [0.2, 0.25) is 0 Å². The predicted molar refractivity (Wildman–Crippen MR) is 258 cm³/mol. The molecule has 13 nitrogen and oxygen atoms in total. The van der Waals surface area contributed by atoms with Crippen molar-refractivity contribution in [3.05, 3.63) is 12.2 Å². The van der Waals surface area contributed by atoms with Gasteiger partial charge in [0.15, 0.2) is 5.79 Å². The average molecular weight is 948 g/mol. The molecule has 4 fully saturated rings. The number of carbonyl (C=O) groups is 3. The maximum Gasteiger partial charge on any atom is 0.407 e. The van der Waals surface area contributed by atoms with E-state index in [0.717, 1.165) is 25.7 Å². The summed E-state index contributed by atoms with van der Waals surface area (Å²) in [6.45, 7) is 22.4. The standard InChI is InChI=1S/C54H93NO12/c1-12-16-17-18-19-20-21-22-31-62-51(60)55-41-25-30-54(67-49(41)43-26-28-52(11,65-43)44-27-29-53(61,15-4)38(10)63-44)35(7)32-34(6)48(66-54)40(14-3)46(57)36(8)45(56)37(9)47-33(5)23-24-42(64-47)39(13-2)50(58)59/h25,30,33-45,47-49,56,61H,12-24,26-29,31-32H2,1-11H3,(H,55,60)(H,58,59)/t33-,34-,35+,36-,37-,38-,39+,40-,41+,42+,43?,44+,45+,47+,48-,49?,52-,53+,54-/m0/s1. The van der Waals surface area contributed by atoms with Crippen LogP contribution in [-0.2, 0) is 38.0 Å². The molecule has 0 aromatic rings. The van der Waals surface area contributed by atoms with E-state index in [1.54, 1.807) is 6.92 Å². The molecule has 0 aromatic carbocycles. The lowest BCUT2D eigenvalue weighted by Gasteiger charge is -2.52. The molecule has 1 spiro atoms. The van der Waals surface area contributed by atoms with Crippen LogP contribution in [0.3, 0.4) is 0 Å². The summed E-state index contributed by atoms with van der Waals surface area (Å²) < 4.78 is 40.1. The molecule has 4 saturated heterocycles. The number of carboxylic acids is 1. The molecule has 0 bridgehead atoms. The number of rotatable bonds is 23. The van der Waals surface area contributed by atoms with Crippen molar-refractivity contribution in [1.29, 1.82) is 0 Å². The maximum absolute atomic E-state index is 14.7. The fraction of sp³-hybridized carbons (Fsp3) is 0.907. The number of aliphatic carboxylic acids is 1. The normalized spacial score (nSPS) is 39.0. The lowest BCUT2D eigenvalue weighted by Crippen LogP contribution is -2.62. The molecule has 5 aliphatic heterocycles. The summed E-state index contributed by atoms with van der Waals surface area (Å²) in [5.74, 6) is -4.49. The van der Waals surface area contributed by atoms with Crippen molar-refractivity contribution in [3.63, 3.8) is 0 Å². The topological polar surface area (TPSA) is 179 Å². The van der Waals surface area contributed by atoms with Gasteiger partial charge in [0, 0.05) is 23.7 Å². The Bertz CT molecular complexity index is 1610. The molecule has 0 aromatic heterocycles. The van der Waals surface area contributed by atoms with Crippen LogP contribution in [0, 0.1) is 41.4 Å². The van der Waals surface area contributed by atoms with E-state index in [4.69, 9.17) is 28.4 Å². The van der Waals surface area contributed by atoms with E-state index in [0.29, 0.717) is 64.4 Å². The molecule has 19 atom stereocenters. The molecule has 13 heteroatoms. The third-order valence-electron chi connectivity index (χ3n) is 17.2. The summed E-state index contributed by atoms with van der Waals surface area (Å²) in [5.41, 5.74) is -1.52. The number of aliphatic hydroxyl groups is 2. The summed E-state index contributed by atoms with van der Waals surface area (Å²) in [4.78, 5) is 40.2. The summed E-state index contributed by atoms with van der Waals surface area (Å²) in [6, 6.07) is -0.582. The van der Waals surface area contributed by atoms with Gasteiger partial charge in [0.1, 0.15) is 11.9 Å². The molecule has 0 saturated carbocycles. The lowest BCUT2D eigenvalue weighted by atomic mass is 9.72. The van der Waals surface area contributed by atoms with Gasteiger partial charge in [-0.05, 0) is 102 Å². The minimum Gasteiger partial charge on any atom is -0.481 e. The van der Waals surface area contributed by atoms with E-state index in [2.05, 4.69) is 39.9 Å². The second-order valence-corrected chi connectivity index (χ2v) is 22.0. The highest BCUT2D eigenvalue weighted by Gasteiger charge is 2.57.